The van der Waals surface area contributed by atoms with Gasteiger partial charge in [-0.05, 0) is 23.8 Å². The lowest BCUT2D eigenvalue weighted by molar-refractivity contribution is 0.375. The van der Waals surface area contributed by atoms with Crippen molar-refractivity contribution in [2.24, 2.45) is 11.8 Å². The van der Waals surface area contributed by atoms with Gasteiger partial charge in [-0.15, -0.1) is 0 Å². The van der Waals surface area contributed by atoms with Crippen LogP contribution in [-0.2, 0) is 6.42 Å². The molecule has 0 amide bonds. The van der Waals surface area contributed by atoms with Gasteiger partial charge in [-0.1, -0.05) is 57.5 Å². The zero-order valence-corrected chi connectivity index (χ0v) is 8.96. The lowest BCUT2D eigenvalue weighted by Crippen LogP contribution is -2.09. The van der Waals surface area contributed by atoms with Crippen LogP contribution in [0.4, 0.5) is 0 Å². The second-order valence-corrected chi connectivity index (χ2v) is 4.05. The van der Waals surface area contributed by atoms with E-state index in [0.29, 0.717) is 0 Å². The number of rotatable bonds is 4. The van der Waals surface area contributed by atoms with Crippen molar-refractivity contribution in [3.63, 3.8) is 0 Å². The van der Waals surface area contributed by atoms with Gasteiger partial charge in [-0.2, -0.15) is 0 Å². The van der Waals surface area contributed by atoms with Crippen LogP contribution in [0.2, 0.25) is 0 Å². The lowest BCUT2D eigenvalue weighted by Gasteiger charge is -2.17. The van der Waals surface area contributed by atoms with Crippen LogP contribution in [0, 0.1) is 11.8 Å². The predicted molar refractivity (Wildman–Crippen MR) is 58.8 cm³/mol. The Morgan fingerprint density at radius 3 is 2.15 bits per heavy atom. The van der Waals surface area contributed by atoms with Gasteiger partial charge in [0, 0.05) is 0 Å². The van der Waals surface area contributed by atoms with E-state index in [1.807, 2.05) is 0 Å². The molecule has 72 valence electrons. The molecule has 13 heavy (non-hydrogen) atoms. The summed E-state index contributed by atoms with van der Waals surface area (Å²) in [4.78, 5) is 0. The zero-order chi connectivity index (χ0) is 9.68. The lowest BCUT2D eigenvalue weighted by atomic mass is 9.88. The summed E-state index contributed by atoms with van der Waals surface area (Å²) in [6.45, 7) is 6.96. The molecule has 0 saturated heterocycles. The van der Waals surface area contributed by atoms with Gasteiger partial charge in [0.2, 0.25) is 0 Å². The number of hydrogen-bond donors (Lipinski definition) is 0. The number of hydrogen-bond acceptors (Lipinski definition) is 0. The van der Waals surface area contributed by atoms with E-state index in [4.69, 9.17) is 0 Å². The molecule has 2 atom stereocenters. The minimum absolute atomic E-state index is 0.799. The van der Waals surface area contributed by atoms with Crippen molar-refractivity contribution in [1.82, 2.24) is 0 Å². The third kappa shape index (κ3) is 3.22. The average Bonchev–Trinajstić information content (AvgIpc) is 2.18. The van der Waals surface area contributed by atoms with Gasteiger partial charge >= 0.3 is 0 Å². The normalized spacial score (nSPS) is 15.3. The smallest absolute Gasteiger partial charge is 0.0250 e. The van der Waals surface area contributed by atoms with Crippen molar-refractivity contribution in [2.45, 2.75) is 33.6 Å². The molecule has 0 saturated carbocycles. The molecule has 0 aliphatic carbocycles. The maximum absolute atomic E-state index is 2.35. The Bertz CT molecular complexity index is 225. The zero-order valence-electron chi connectivity index (χ0n) is 8.96. The van der Waals surface area contributed by atoms with Crippen molar-refractivity contribution in [3.05, 3.63) is 35.9 Å². The predicted octanol–water partition coefficient (Wildman–Crippen LogP) is 3.91. The Morgan fingerprint density at radius 1 is 1.00 bits per heavy atom. The molecular weight excluding hydrogens is 156 g/mol. The van der Waals surface area contributed by atoms with Gasteiger partial charge in [-0.3, -0.25) is 0 Å². The molecule has 0 spiro atoms. The summed E-state index contributed by atoms with van der Waals surface area (Å²) in [5.74, 6) is 1.63. The second-order valence-electron chi connectivity index (χ2n) is 4.05. The van der Waals surface area contributed by atoms with Crippen molar-refractivity contribution >= 4 is 0 Å². The molecule has 0 aliphatic rings. The Kier molecular flexibility index (Phi) is 4.01. The maximum Gasteiger partial charge on any atom is -0.0250 e. The molecule has 1 aromatic carbocycles. The van der Waals surface area contributed by atoms with E-state index in [1.165, 1.54) is 18.4 Å². The molecule has 1 rings (SSSR count). The van der Waals surface area contributed by atoms with Crippen LogP contribution in [0.3, 0.4) is 0 Å². The molecule has 0 heterocycles. The summed E-state index contributed by atoms with van der Waals surface area (Å²) < 4.78 is 0. The van der Waals surface area contributed by atoms with Crippen LogP contribution in [0.25, 0.3) is 0 Å². The topological polar surface area (TPSA) is 0 Å². The first-order valence-corrected chi connectivity index (χ1v) is 5.28. The third-order valence-corrected chi connectivity index (χ3v) is 3.02. The molecule has 0 fully saturated rings. The first kappa shape index (κ1) is 10.3. The van der Waals surface area contributed by atoms with Gasteiger partial charge in [0.15, 0.2) is 0 Å². The summed E-state index contributed by atoms with van der Waals surface area (Å²) in [6, 6.07) is 10.8. The summed E-state index contributed by atoms with van der Waals surface area (Å²) >= 11 is 0. The Hall–Kier alpha value is -0.780. The highest BCUT2D eigenvalue weighted by Gasteiger charge is 2.09. The van der Waals surface area contributed by atoms with Crippen LogP contribution in [-0.4, -0.2) is 0 Å². The maximum atomic E-state index is 2.35. The van der Waals surface area contributed by atoms with E-state index in [2.05, 4.69) is 51.1 Å². The van der Waals surface area contributed by atoms with Gasteiger partial charge < -0.3 is 0 Å². The highest BCUT2D eigenvalue weighted by Crippen LogP contribution is 2.19. The largest absolute Gasteiger partial charge is 0.0651 e. The summed E-state index contributed by atoms with van der Waals surface area (Å²) in [7, 11) is 0. The Labute approximate surface area is 82.0 Å². The molecule has 1 unspecified atom stereocenters. The van der Waals surface area contributed by atoms with E-state index in [-0.39, 0.29) is 0 Å². The van der Waals surface area contributed by atoms with E-state index in [9.17, 15) is 0 Å². The van der Waals surface area contributed by atoms with Gasteiger partial charge in [0.25, 0.3) is 0 Å². The fourth-order valence-electron chi connectivity index (χ4n) is 1.59. The van der Waals surface area contributed by atoms with Gasteiger partial charge in [0.05, 0.1) is 0 Å². The van der Waals surface area contributed by atoms with Crippen LogP contribution in [0.15, 0.2) is 30.3 Å². The Morgan fingerprint density at radius 2 is 1.62 bits per heavy atom. The monoisotopic (exact) mass is 176 g/mol. The minimum atomic E-state index is 0.799. The molecule has 0 aliphatic heterocycles. The summed E-state index contributed by atoms with van der Waals surface area (Å²) in [5, 5.41) is 0. The first-order chi connectivity index (χ1) is 6.24. The van der Waals surface area contributed by atoms with E-state index < -0.39 is 0 Å². The fourth-order valence-corrected chi connectivity index (χ4v) is 1.59. The molecule has 0 nitrogen and oxygen atoms in total. The third-order valence-electron chi connectivity index (χ3n) is 3.02. The molecule has 0 heteroatoms. The van der Waals surface area contributed by atoms with E-state index in [0.717, 1.165) is 11.8 Å². The molecule has 0 radical (unpaired) electrons. The Balaban J connectivity index is 2.50. The quantitative estimate of drug-likeness (QED) is 0.652. The molecule has 0 N–H and O–H groups in total. The van der Waals surface area contributed by atoms with E-state index in [1.54, 1.807) is 0 Å². The van der Waals surface area contributed by atoms with Gasteiger partial charge in [-0.25, -0.2) is 0 Å². The van der Waals surface area contributed by atoms with Crippen molar-refractivity contribution in [3.8, 4) is 0 Å². The van der Waals surface area contributed by atoms with Gasteiger partial charge in [0.1, 0.15) is 0 Å². The summed E-state index contributed by atoms with van der Waals surface area (Å²) in [5.41, 5.74) is 1.47. The molecule has 0 aromatic heterocycles. The van der Waals surface area contributed by atoms with Crippen LogP contribution in [0.1, 0.15) is 32.8 Å². The average molecular weight is 176 g/mol. The fraction of sp³-hybridized carbons (Fsp3) is 0.538. The highest BCUT2D eigenvalue weighted by molar-refractivity contribution is 5.15. The number of benzene rings is 1. The summed E-state index contributed by atoms with van der Waals surface area (Å²) in [6.07, 6.45) is 2.50. The van der Waals surface area contributed by atoms with Crippen molar-refractivity contribution in [2.75, 3.05) is 0 Å². The highest BCUT2D eigenvalue weighted by atomic mass is 14.1. The van der Waals surface area contributed by atoms with E-state index >= 15 is 0 Å². The van der Waals surface area contributed by atoms with Crippen molar-refractivity contribution in [1.29, 1.82) is 0 Å². The minimum Gasteiger partial charge on any atom is -0.0651 e. The molecule has 1 aromatic rings. The standard InChI is InChI=1S/C13H20/c1-4-11(2)12(3)10-13-8-6-5-7-9-13/h5-9,11-12H,4,10H2,1-3H3/t11-,12?/m0/s1. The van der Waals surface area contributed by atoms with Crippen LogP contribution >= 0.6 is 0 Å². The SMILES string of the molecule is CC[C@H](C)C(C)Cc1ccccc1. The van der Waals surface area contributed by atoms with Crippen LogP contribution in [0.5, 0.6) is 0 Å². The second kappa shape index (κ2) is 5.06. The first-order valence-electron chi connectivity index (χ1n) is 5.28. The van der Waals surface area contributed by atoms with Crippen molar-refractivity contribution < 1.29 is 0 Å². The molecule has 0 bridgehead atoms. The van der Waals surface area contributed by atoms with Crippen LogP contribution < -0.4 is 0 Å². The molecular formula is C13H20.